The molecule has 1 amide bonds. The minimum Gasteiger partial charge on any atom is -0.479 e. The second-order valence-corrected chi connectivity index (χ2v) is 5.86. The molecule has 1 atom stereocenters. The number of hydrogen-bond acceptors (Lipinski definition) is 4. The van der Waals surface area contributed by atoms with Gasteiger partial charge in [-0.15, -0.1) is 0 Å². The Morgan fingerprint density at radius 2 is 2.12 bits per heavy atom. The van der Waals surface area contributed by atoms with Crippen molar-refractivity contribution in [3.8, 4) is 0 Å². The number of aliphatic hydroxyl groups is 1. The number of benzene rings is 1. The number of carbonyl (C=O) groups excluding carboxylic acids is 1. The highest BCUT2D eigenvalue weighted by molar-refractivity contribution is 5.90. The lowest BCUT2D eigenvalue weighted by Gasteiger charge is -2.19. The van der Waals surface area contributed by atoms with Gasteiger partial charge in [0.15, 0.2) is 5.54 Å². The van der Waals surface area contributed by atoms with Gasteiger partial charge < -0.3 is 15.5 Å². The Hall–Kier alpha value is -2.74. The Morgan fingerprint density at radius 3 is 2.75 bits per heavy atom. The molecule has 2 aromatic rings. The molecule has 0 bridgehead atoms. The number of hydrogen-bond donors (Lipinski definition) is 3. The van der Waals surface area contributed by atoms with Gasteiger partial charge in [-0.05, 0) is 31.5 Å². The lowest BCUT2D eigenvalue weighted by molar-refractivity contribution is -0.146. The summed E-state index contributed by atoms with van der Waals surface area (Å²) in [6.07, 6.45) is 1.29. The van der Waals surface area contributed by atoms with Crippen LogP contribution in [0.5, 0.6) is 0 Å². The minimum atomic E-state index is -1.26. The van der Waals surface area contributed by atoms with Crippen LogP contribution in [-0.2, 0) is 15.1 Å². The molecule has 0 unspecified atom stereocenters. The van der Waals surface area contributed by atoms with Crippen LogP contribution >= 0.6 is 0 Å². The van der Waals surface area contributed by atoms with Gasteiger partial charge in [0, 0.05) is 6.20 Å². The van der Waals surface area contributed by atoms with Gasteiger partial charge in [0.1, 0.15) is 5.82 Å². The highest BCUT2D eigenvalue weighted by Crippen LogP contribution is 2.20. The average molecular weight is 335 g/mol. The summed E-state index contributed by atoms with van der Waals surface area (Å²) in [7, 11) is 0. The number of nitrogens with one attached hydrogen (secondary N) is 1. The van der Waals surface area contributed by atoms with Crippen LogP contribution in [0.2, 0.25) is 0 Å². The summed E-state index contributed by atoms with van der Waals surface area (Å²) in [5.41, 5.74) is -0.655. The van der Waals surface area contributed by atoms with E-state index in [-0.39, 0.29) is 6.42 Å². The van der Waals surface area contributed by atoms with Crippen molar-refractivity contribution >= 4 is 17.6 Å². The molecule has 0 saturated carbocycles. The number of amides is 1. The van der Waals surface area contributed by atoms with Crippen LogP contribution in [0.4, 0.5) is 10.1 Å². The Kier molecular flexibility index (Phi) is 4.99. The number of anilines is 1. The first-order valence-electron chi connectivity index (χ1n) is 7.22. The summed E-state index contributed by atoms with van der Waals surface area (Å²) in [5, 5.41) is 25.6. The fourth-order valence-corrected chi connectivity index (χ4v) is 2.01. The molecule has 1 aromatic carbocycles. The molecule has 1 aromatic heterocycles. The van der Waals surface area contributed by atoms with E-state index in [9.17, 15) is 19.1 Å². The van der Waals surface area contributed by atoms with Crippen LogP contribution in [0.15, 0.2) is 36.7 Å². The molecule has 128 valence electrons. The molecule has 0 spiro atoms. The van der Waals surface area contributed by atoms with E-state index in [0.717, 1.165) is 6.07 Å². The van der Waals surface area contributed by atoms with E-state index in [0.29, 0.717) is 11.3 Å². The van der Waals surface area contributed by atoms with Crippen molar-refractivity contribution < 1.29 is 24.2 Å². The van der Waals surface area contributed by atoms with E-state index in [1.165, 1.54) is 49.1 Å². The smallest absolute Gasteiger partial charge is 0.331 e. The number of carboxylic acids is 1. The summed E-state index contributed by atoms with van der Waals surface area (Å²) in [4.78, 5) is 23.1. The normalized spacial score (nSPS) is 12.7. The quantitative estimate of drug-likeness (QED) is 0.748. The molecule has 0 aliphatic heterocycles. The molecule has 0 aliphatic carbocycles. The monoisotopic (exact) mass is 335 g/mol. The zero-order valence-corrected chi connectivity index (χ0v) is 13.2. The van der Waals surface area contributed by atoms with Crippen molar-refractivity contribution in [2.24, 2.45) is 0 Å². The van der Waals surface area contributed by atoms with Crippen LogP contribution in [-0.4, -0.2) is 31.9 Å². The lowest BCUT2D eigenvalue weighted by atomic mass is 10.1. The van der Waals surface area contributed by atoms with Crippen molar-refractivity contribution in [2.75, 3.05) is 5.32 Å². The third-order valence-corrected chi connectivity index (χ3v) is 3.57. The Balaban J connectivity index is 2.00. The van der Waals surface area contributed by atoms with E-state index in [1.54, 1.807) is 0 Å². The lowest BCUT2D eigenvalue weighted by Crippen LogP contribution is -2.35. The molecule has 24 heavy (non-hydrogen) atoms. The third kappa shape index (κ3) is 3.96. The average Bonchev–Trinajstić information content (AvgIpc) is 2.96. The van der Waals surface area contributed by atoms with Gasteiger partial charge in [0.05, 0.1) is 24.4 Å². The summed E-state index contributed by atoms with van der Waals surface area (Å²) in [6.45, 7) is 2.95. The third-order valence-electron chi connectivity index (χ3n) is 3.57. The SMILES string of the molecule is CC(C)(C(=O)O)n1cc(NC(=O)C[C@H](O)c2cccc(F)c2)cn1. The topological polar surface area (TPSA) is 104 Å². The number of aromatic nitrogens is 2. The second-order valence-electron chi connectivity index (χ2n) is 5.86. The Labute approximate surface area is 137 Å². The van der Waals surface area contributed by atoms with Gasteiger partial charge in [-0.3, -0.25) is 9.48 Å². The maximum absolute atomic E-state index is 13.1. The zero-order chi connectivity index (χ0) is 17.9. The van der Waals surface area contributed by atoms with Crippen molar-refractivity contribution in [3.05, 3.63) is 48.0 Å². The molecule has 1 heterocycles. The molecule has 0 radical (unpaired) electrons. The van der Waals surface area contributed by atoms with E-state index in [1.807, 2.05) is 0 Å². The van der Waals surface area contributed by atoms with Crippen molar-refractivity contribution in [1.29, 1.82) is 0 Å². The molecule has 0 fully saturated rings. The van der Waals surface area contributed by atoms with Gasteiger partial charge in [-0.25, -0.2) is 9.18 Å². The van der Waals surface area contributed by atoms with Crippen molar-refractivity contribution in [3.63, 3.8) is 0 Å². The summed E-state index contributed by atoms with van der Waals surface area (Å²) in [5.74, 6) is -2.06. The Bertz CT molecular complexity index is 757. The van der Waals surface area contributed by atoms with Crippen LogP contribution in [0.1, 0.15) is 31.9 Å². The molecule has 2 rings (SSSR count). The molecule has 0 saturated heterocycles. The van der Waals surface area contributed by atoms with E-state index < -0.39 is 29.3 Å². The number of carbonyl (C=O) groups is 2. The maximum atomic E-state index is 13.1. The Morgan fingerprint density at radius 1 is 1.42 bits per heavy atom. The van der Waals surface area contributed by atoms with Gasteiger partial charge in [-0.1, -0.05) is 12.1 Å². The predicted molar refractivity (Wildman–Crippen MR) is 83.8 cm³/mol. The molecule has 3 N–H and O–H groups in total. The summed E-state index contributed by atoms with van der Waals surface area (Å²) in [6, 6.07) is 5.37. The number of nitrogens with zero attached hydrogens (tertiary/aromatic N) is 2. The van der Waals surface area contributed by atoms with Crippen LogP contribution in [0.3, 0.4) is 0 Å². The van der Waals surface area contributed by atoms with Crippen LogP contribution in [0, 0.1) is 5.82 Å². The van der Waals surface area contributed by atoms with Crippen molar-refractivity contribution in [2.45, 2.75) is 31.9 Å². The predicted octanol–water partition coefficient (Wildman–Crippen LogP) is 1.90. The molecular formula is C16H18FN3O4. The first-order valence-corrected chi connectivity index (χ1v) is 7.22. The van der Waals surface area contributed by atoms with E-state index >= 15 is 0 Å². The van der Waals surface area contributed by atoms with Crippen LogP contribution < -0.4 is 5.32 Å². The first-order chi connectivity index (χ1) is 11.2. The minimum absolute atomic E-state index is 0.267. The van der Waals surface area contributed by atoms with Gasteiger partial charge in [-0.2, -0.15) is 5.10 Å². The second kappa shape index (κ2) is 6.79. The highest BCUT2D eigenvalue weighted by Gasteiger charge is 2.30. The number of aliphatic hydroxyl groups excluding tert-OH is 1. The number of aliphatic carboxylic acids is 1. The fraction of sp³-hybridized carbons (Fsp3) is 0.312. The number of carboxylic acid groups (broad SMARTS) is 1. The van der Waals surface area contributed by atoms with Crippen LogP contribution in [0.25, 0.3) is 0 Å². The number of halogens is 1. The molecule has 8 heteroatoms. The van der Waals surface area contributed by atoms with Gasteiger partial charge in [0.25, 0.3) is 0 Å². The van der Waals surface area contributed by atoms with E-state index in [2.05, 4.69) is 10.4 Å². The zero-order valence-electron chi connectivity index (χ0n) is 13.2. The highest BCUT2D eigenvalue weighted by atomic mass is 19.1. The summed E-state index contributed by atoms with van der Waals surface area (Å²) < 4.78 is 14.3. The van der Waals surface area contributed by atoms with E-state index in [4.69, 9.17) is 5.11 Å². The fourth-order valence-electron chi connectivity index (χ4n) is 2.01. The van der Waals surface area contributed by atoms with Gasteiger partial charge in [0.2, 0.25) is 5.91 Å². The van der Waals surface area contributed by atoms with Gasteiger partial charge >= 0.3 is 5.97 Å². The maximum Gasteiger partial charge on any atom is 0.331 e. The largest absolute Gasteiger partial charge is 0.479 e. The molecular weight excluding hydrogens is 317 g/mol. The molecule has 7 nitrogen and oxygen atoms in total. The standard InChI is InChI=1S/C16H18FN3O4/c1-16(2,15(23)24)20-9-12(8-18-20)19-14(22)7-13(21)10-4-3-5-11(17)6-10/h3-6,8-9,13,21H,7H2,1-2H3,(H,19,22)(H,23,24)/t13-/m0/s1. The summed E-state index contributed by atoms with van der Waals surface area (Å²) >= 11 is 0. The number of rotatable bonds is 6. The van der Waals surface area contributed by atoms with Crippen molar-refractivity contribution in [1.82, 2.24) is 9.78 Å². The first kappa shape index (κ1) is 17.6. The molecule has 0 aliphatic rings.